The van der Waals surface area contributed by atoms with Crippen LogP contribution in [0.1, 0.15) is 43.2 Å². The van der Waals surface area contributed by atoms with Gasteiger partial charge in [-0.15, -0.1) is 11.3 Å². The second kappa shape index (κ2) is 6.96. The molecule has 0 saturated carbocycles. The molecule has 2 aliphatic rings. The van der Waals surface area contributed by atoms with E-state index in [1.54, 1.807) is 28.0 Å². The first-order valence-electron chi connectivity index (χ1n) is 9.69. The van der Waals surface area contributed by atoms with Crippen LogP contribution in [0.4, 0.5) is 4.39 Å². The number of allylic oxidation sites excluding steroid dienone is 2. The van der Waals surface area contributed by atoms with Gasteiger partial charge >= 0.3 is 0 Å². The largest absolute Gasteiger partial charge is 0.294 e. The van der Waals surface area contributed by atoms with Crippen LogP contribution in [0.25, 0.3) is 6.08 Å². The quantitative estimate of drug-likeness (QED) is 0.611. The number of carbonyl (C=O) groups excluding carboxylic acids is 1. The summed E-state index contributed by atoms with van der Waals surface area (Å²) in [4.78, 5) is 32.9. The average Bonchev–Trinajstić information content (AvgIpc) is 3.29. The molecule has 30 heavy (non-hydrogen) atoms. The second-order valence-electron chi connectivity index (χ2n) is 8.45. The van der Waals surface area contributed by atoms with Gasteiger partial charge in [-0.1, -0.05) is 43.4 Å². The molecule has 0 N–H and O–H groups in total. The summed E-state index contributed by atoms with van der Waals surface area (Å²) in [5.41, 5.74) is 1.67. The molecule has 0 radical (unpaired) electrons. The molecular formula is C23H19FN2O2S2. The summed E-state index contributed by atoms with van der Waals surface area (Å²) in [7, 11) is 0. The summed E-state index contributed by atoms with van der Waals surface area (Å²) < 4.78 is 15.8. The van der Waals surface area contributed by atoms with Crippen LogP contribution in [0.15, 0.2) is 62.8 Å². The predicted octanol–water partition coefficient (Wildman–Crippen LogP) is 3.81. The van der Waals surface area contributed by atoms with Crippen LogP contribution in [-0.2, 0) is 4.79 Å². The fraction of sp³-hybridized carbons (Fsp3) is 0.261. The summed E-state index contributed by atoms with van der Waals surface area (Å²) in [6.07, 6.45) is 2.94. The molecule has 0 fully saturated rings. The van der Waals surface area contributed by atoms with Gasteiger partial charge in [0.2, 0.25) is 0 Å². The van der Waals surface area contributed by atoms with Crippen molar-refractivity contribution in [2.24, 2.45) is 10.4 Å². The zero-order valence-corrected chi connectivity index (χ0v) is 18.1. The SMILES string of the molecule is CC1(C)CC(=O)C2=C(C1)N=c1s/c(=C/c3cccs3)c(=O)n1C2c1ccc(F)cc1. The predicted molar refractivity (Wildman–Crippen MR) is 117 cm³/mol. The first kappa shape index (κ1) is 19.3. The Balaban J connectivity index is 1.79. The number of Topliss-reactive ketones (excluding diaryl/α,β-unsaturated/α-hetero) is 1. The number of fused-ring (bicyclic) bond motifs is 1. The Hall–Kier alpha value is -2.64. The number of hydrogen-bond acceptors (Lipinski definition) is 5. The maximum atomic E-state index is 13.6. The number of ketones is 1. The van der Waals surface area contributed by atoms with E-state index in [-0.39, 0.29) is 22.6 Å². The highest BCUT2D eigenvalue weighted by Crippen LogP contribution is 2.43. The van der Waals surface area contributed by atoms with E-state index in [4.69, 9.17) is 4.99 Å². The van der Waals surface area contributed by atoms with Gasteiger partial charge in [0.1, 0.15) is 5.82 Å². The van der Waals surface area contributed by atoms with Gasteiger partial charge in [0, 0.05) is 16.9 Å². The number of halogens is 1. The lowest BCUT2D eigenvalue weighted by molar-refractivity contribution is -0.118. The Morgan fingerprint density at radius 1 is 1.17 bits per heavy atom. The van der Waals surface area contributed by atoms with Crippen molar-refractivity contribution >= 4 is 34.5 Å². The highest BCUT2D eigenvalue weighted by Gasteiger charge is 2.40. The van der Waals surface area contributed by atoms with Gasteiger partial charge in [-0.25, -0.2) is 9.38 Å². The Kier molecular flexibility index (Phi) is 4.48. The molecule has 3 heterocycles. The van der Waals surface area contributed by atoms with Gasteiger partial charge in [0.05, 0.1) is 16.3 Å². The molecule has 4 nitrogen and oxygen atoms in total. The summed E-state index contributed by atoms with van der Waals surface area (Å²) >= 11 is 2.89. The molecule has 5 rings (SSSR count). The third-order valence-corrected chi connectivity index (χ3v) is 7.30. The van der Waals surface area contributed by atoms with Crippen LogP contribution in [0.3, 0.4) is 0 Å². The first-order chi connectivity index (χ1) is 14.3. The van der Waals surface area contributed by atoms with Gasteiger partial charge < -0.3 is 0 Å². The molecule has 2 aromatic heterocycles. The zero-order chi connectivity index (χ0) is 21.0. The Morgan fingerprint density at radius 3 is 2.63 bits per heavy atom. The van der Waals surface area contributed by atoms with E-state index >= 15 is 0 Å². The third-order valence-electron chi connectivity index (χ3n) is 5.50. The number of nitrogens with zero attached hydrogens (tertiary/aromatic N) is 2. The van der Waals surface area contributed by atoms with Gasteiger partial charge in [-0.05, 0) is 47.1 Å². The molecule has 0 saturated heterocycles. The number of rotatable bonds is 2. The lowest BCUT2D eigenvalue weighted by Gasteiger charge is -2.35. The topological polar surface area (TPSA) is 51.4 Å². The Bertz CT molecular complexity index is 1360. The fourth-order valence-electron chi connectivity index (χ4n) is 4.21. The highest BCUT2D eigenvalue weighted by molar-refractivity contribution is 7.11. The zero-order valence-electron chi connectivity index (χ0n) is 16.5. The normalized spacial score (nSPS) is 20.7. The van der Waals surface area contributed by atoms with Crippen LogP contribution in [-0.4, -0.2) is 10.4 Å². The molecule has 0 bridgehead atoms. The number of benzene rings is 1. The van der Waals surface area contributed by atoms with Crippen LogP contribution in [0.2, 0.25) is 0 Å². The molecule has 1 aromatic carbocycles. The third kappa shape index (κ3) is 3.22. The Labute approximate surface area is 180 Å². The summed E-state index contributed by atoms with van der Waals surface area (Å²) in [5.74, 6) is -0.346. The first-order valence-corrected chi connectivity index (χ1v) is 11.4. The van der Waals surface area contributed by atoms with Crippen LogP contribution >= 0.6 is 22.7 Å². The molecule has 0 spiro atoms. The maximum absolute atomic E-state index is 13.6. The highest BCUT2D eigenvalue weighted by atomic mass is 32.1. The second-order valence-corrected chi connectivity index (χ2v) is 10.4. The molecule has 1 aliphatic heterocycles. The van der Waals surface area contributed by atoms with Crippen LogP contribution in [0.5, 0.6) is 0 Å². The minimum Gasteiger partial charge on any atom is -0.294 e. The number of thiazole rings is 1. The molecule has 0 amide bonds. The monoisotopic (exact) mass is 438 g/mol. The van der Waals surface area contributed by atoms with Crippen molar-refractivity contribution in [2.75, 3.05) is 0 Å². The van der Waals surface area contributed by atoms with Crippen molar-refractivity contribution in [2.45, 2.75) is 32.7 Å². The number of thiophene rings is 1. The van der Waals surface area contributed by atoms with Crippen LogP contribution in [0, 0.1) is 11.2 Å². The smallest absolute Gasteiger partial charge is 0.271 e. The van der Waals surface area contributed by atoms with Crippen molar-refractivity contribution < 1.29 is 9.18 Å². The van der Waals surface area contributed by atoms with E-state index in [1.165, 1.54) is 23.5 Å². The van der Waals surface area contributed by atoms with Crippen LogP contribution < -0.4 is 14.9 Å². The van der Waals surface area contributed by atoms with Crippen molar-refractivity contribution in [3.05, 3.63) is 89.0 Å². The lowest BCUT2D eigenvalue weighted by Crippen LogP contribution is -2.42. The fourth-order valence-corrected chi connectivity index (χ4v) is 5.95. The van der Waals surface area contributed by atoms with E-state index in [0.717, 1.165) is 16.1 Å². The maximum Gasteiger partial charge on any atom is 0.271 e. The number of carbonyl (C=O) groups is 1. The van der Waals surface area contributed by atoms with E-state index in [2.05, 4.69) is 13.8 Å². The lowest BCUT2D eigenvalue weighted by atomic mass is 9.73. The molecular weight excluding hydrogens is 419 g/mol. The molecule has 152 valence electrons. The summed E-state index contributed by atoms with van der Waals surface area (Å²) in [6, 6.07) is 9.36. The molecule has 1 atom stereocenters. The molecule has 3 aromatic rings. The van der Waals surface area contributed by atoms with Crippen molar-refractivity contribution in [3.63, 3.8) is 0 Å². The van der Waals surface area contributed by atoms with Gasteiger partial charge in [0.25, 0.3) is 5.56 Å². The van der Waals surface area contributed by atoms with E-state index in [9.17, 15) is 14.0 Å². The van der Waals surface area contributed by atoms with Gasteiger partial charge in [0.15, 0.2) is 10.6 Å². The molecule has 7 heteroatoms. The van der Waals surface area contributed by atoms with Gasteiger partial charge in [-0.2, -0.15) is 0 Å². The summed E-state index contributed by atoms with van der Waals surface area (Å²) in [6.45, 7) is 4.12. The van der Waals surface area contributed by atoms with Crippen molar-refractivity contribution in [3.8, 4) is 0 Å². The number of hydrogen-bond donors (Lipinski definition) is 0. The Morgan fingerprint density at radius 2 is 1.93 bits per heavy atom. The van der Waals surface area contributed by atoms with Gasteiger partial charge in [-0.3, -0.25) is 14.2 Å². The minimum atomic E-state index is -0.578. The van der Waals surface area contributed by atoms with E-state index in [0.29, 0.717) is 27.7 Å². The molecule has 1 aliphatic carbocycles. The number of aromatic nitrogens is 1. The molecule has 1 unspecified atom stereocenters. The summed E-state index contributed by atoms with van der Waals surface area (Å²) in [5, 5.41) is 1.96. The van der Waals surface area contributed by atoms with E-state index in [1.807, 2.05) is 23.6 Å². The standard InChI is InChI=1S/C23H19FN2O2S2/c1-23(2)11-16-19(17(27)12-23)20(13-5-7-14(24)8-6-13)26-21(28)18(30-22(26)25-16)10-15-4-3-9-29-15/h3-10,20H,11-12H2,1-2H3/b18-10+. The van der Waals surface area contributed by atoms with Crippen molar-refractivity contribution in [1.82, 2.24) is 4.57 Å². The minimum absolute atomic E-state index is 0.00635. The van der Waals surface area contributed by atoms with Crippen molar-refractivity contribution in [1.29, 1.82) is 0 Å². The van der Waals surface area contributed by atoms with E-state index < -0.39 is 6.04 Å². The average molecular weight is 439 g/mol.